The molecule has 1 saturated heterocycles. The summed E-state index contributed by atoms with van der Waals surface area (Å²) in [5, 5.41) is 2.97. The van der Waals surface area contributed by atoms with Gasteiger partial charge in [0.2, 0.25) is 5.91 Å². The van der Waals surface area contributed by atoms with Gasteiger partial charge in [0.15, 0.2) is 0 Å². The van der Waals surface area contributed by atoms with Gasteiger partial charge >= 0.3 is 0 Å². The summed E-state index contributed by atoms with van der Waals surface area (Å²) < 4.78 is 13.2. The molecule has 1 aromatic carbocycles. The summed E-state index contributed by atoms with van der Waals surface area (Å²) >= 11 is 1.72. The molecule has 3 rings (SSSR count). The molecule has 1 aromatic rings. The molecule has 0 bridgehead atoms. The molecule has 2 aliphatic rings. The van der Waals surface area contributed by atoms with Crippen LogP contribution < -0.4 is 5.32 Å². The zero-order chi connectivity index (χ0) is 18.7. The van der Waals surface area contributed by atoms with Crippen LogP contribution in [0, 0.1) is 11.7 Å². The number of nitrogens with zero attached hydrogens (tertiary/aromatic N) is 1. The van der Waals surface area contributed by atoms with E-state index in [1.165, 1.54) is 43.5 Å². The van der Waals surface area contributed by atoms with Crippen molar-refractivity contribution in [2.24, 2.45) is 5.92 Å². The third-order valence-electron chi connectivity index (χ3n) is 5.15. The fourth-order valence-corrected chi connectivity index (χ4v) is 5.53. The zero-order valence-corrected chi connectivity index (χ0v) is 16.2. The van der Waals surface area contributed by atoms with E-state index in [2.05, 4.69) is 5.32 Å². The van der Waals surface area contributed by atoms with E-state index >= 15 is 0 Å². The molecule has 1 N–H and O–H groups in total. The molecule has 2 fully saturated rings. The minimum atomic E-state index is -0.466. The van der Waals surface area contributed by atoms with Gasteiger partial charge in [0, 0.05) is 17.4 Å². The number of carbonyl (C=O) groups excluding carboxylic acids is 2. The fourth-order valence-electron chi connectivity index (χ4n) is 3.89. The van der Waals surface area contributed by atoms with E-state index in [1.54, 1.807) is 16.7 Å². The number of halogens is 1. The van der Waals surface area contributed by atoms with Gasteiger partial charge in [0.1, 0.15) is 11.9 Å². The molecule has 26 heavy (non-hydrogen) atoms. The maximum Gasteiger partial charge on any atom is 0.255 e. The number of rotatable bonds is 4. The van der Waals surface area contributed by atoms with E-state index in [9.17, 15) is 14.0 Å². The van der Waals surface area contributed by atoms with Crippen LogP contribution in [0.15, 0.2) is 24.3 Å². The van der Waals surface area contributed by atoms with Crippen LogP contribution in [0.5, 0.6) is 0 Å². The Morgan fingerprint density at radius 3 is 2.42 bits per heavy atom. The van der Waals surface area contributed by atoms with E-state index in [-0.39, 0.29) is 29.0 Å². The molecule has 1 aliphatic heterocycles. The number of thioether (sulfide) groups is 1. The molecule has 142 valence electrons. The van der Waals surface area contributed by atoms with Gasteiger partial charge < -0.3 is 10.2 Å². The lowest BCUT2D eigenvalue weighted by molar-refractivity contribution is -0.125. The number of hydrogen-bond donors (Lipinski definition) is 1. The second kappa shape index (κ2) is 8.42. The van der Waals surface area contributed by atoms with Crippen LogP contribution in [0.25, 0.3) is 0 Å². The SMILES string of the molecule is CC(C)NC(=O)[C@@H]1CS[C@H](C2CCCCC2)N1C(=O)c1ccc(F)cc1. The average molecular weight is 379 g/mol. The lowest BCUT2D eigenvalue weighted by atomic mass is 9.88. The van der Waals surface area contributed by atoms with Crippen LogP contribution in [0.4, 0.5) is 4.39 Å². The monoisotopic (exact) mass is 378 g/mol. The fraction of sp³-hybridized carbons (Fsp3) is 0.600. The Morgan fingerprint density at radius 2 is 1.81 bits per heavy atom. The Labute approximate surface area is 158 Å². The highest BCUT2D eigenvalue weighted by Crippen LogP contribution is 2.41. The first kappa shape index (κ1) is 19.2. The lowest BCUT2D eigenvalue weighted by Gasteiger charge is -2.35. The second-order valence-corrected chi connectivity index (χ2v) is 8.67. The number of hydrogen-bond acceptors (Lipinski definition) is 3. The zero-order valence-electron chi connectivity index (χ0n) is 15.4. The number of benzene rings is 1. The first-order valence-corrected chi connectivity index (χ1v) is 10.5. The van der Waals surface area contributed by atoms with E-state index < -0.39 is 6.04 Å². The molecule has 0 radical (unpaired) electrons. The van der Waals surface area contributed by atoms with E-state index in [4.69, 9.17) is 0 Å². The summed E-state index contributed by atoms with van der Waals surface area (Å²) in [6, 6.07) is 5.19. The largest absolute Gasteiger partial charge is 0.352 e. The summed E-state index contributed by atoms with van der Waals surface area (Å²) in [6.45, 7) is 3.84. The van der Waals surface area contributed by atoms with E-state index in [1.807, 2.05) is 13.8 Å². The smallest absolute Gasteiger partial charge is 0.255 e. The molecule has 2 amide bonds. The molecule has 0 unspecified atom stereocenters. The van der Waals surface area contributed by atoms with Crippen molar-refractivity contribution in [2.75, 3.05) is 5.75 Å². The topological polar surface area (TPSA) is 49.4 Å². The quantitative estimate of drug-likeness (QED) is 0.867. The van der Waals surface area contributed by atoms with Gasteiger partial charge in [-0.25, -0.2) is 4.39 Å². The van der Waals surface area contributed by atoms with Crippen LogP contribution in [-0.4, -0.2) is 39.9 Å². The molecule has 4 nitrogen and oxygen atoms in total. The van der Waals surface area contributed by atoms with Crippen LogP contribution in [0.2, 0.25) is 0 Å². The molecule has 2 atom stereocenters. The standard InChI is InChI=1S/C20H27FN2O2S/c1-13(2)22-18(24)17-12-26-20(15-6-4-3-5-7-15)23(17)19(25)14-8-10-16(21)11-9-14/h8-11,13,15,17,20H,3-7,12H2,1-2H3,(H,22,24)/t17-,20+/m0/s1. The first-order valence-electron chi connectivity index (χ1n) is 9.47. The molecular weight excluding hydrogens is 351 g/mol. The molecular formula is C20H27FN2O2S. The number of amides is 2. The highest BCUT2D eigenvalue weighted by molar-refractivity contribution is 8.00. The maximum atomic E-state index is 13.2. The van der Waals surface area contributed by atoms with Gasteiger partial charge in [-0.2, -0.15) is 0 Å². The summed E-state index contributed by atoms with van der Waals surface area (Å²) in [5.74, 6) is 0.410. The predicted octanol–water partition coefficient (Wildman–Crippen LogP) is 3.81. The third kappa shape index (κ3) is 4.22. The highest BCUT2D eigenvalue weighted by Gasteiger charge is 2.45. The lowest BCUT2D eigenvalue weighted by Crippen LogP contribution is -2.52. The van der Waals surface area contributed by atoms with Crippen LogP contribution in [0.1, 0.15) is 56.3 Å². The molecule has 0 spiro atoms. The number of carbonyl (C=O) groups is 2. The summed E-state index contributed by atoms with van der Waals surface area (Å²) in [4.78, 5) is 27.7. The van der Waals surface area contributed by atoms with Crippen LogP contribution in [0.3, 0.4) is 0 Å². The van der Waals surface area contributed by atoms with E-state index in [0.717, 1.165) is 12.8 Å². The maximum absolute atomic E-state index is 13.2. The van der Waals surface area contributed by atoms with Crippen LogP contribution >= 0.6 is 11.8 Å². The molecule has 1 heterocycles. The predicted molar refractivity (Wildman–Crippen MR) is 102 cm³/mol. The summed E-state index contributed by atoms with van der Waals surface area (Å²) in [5.41, 5.74) is 0.442. The molecule has 1 aliphatic carbocycles. The minimum Gasteiger partial charge on any atom is -0.352 e. The molecule has 6 heteroatoms. The Morgan fingerprint density at radius 1 is 1.15 bits per heavy atom. The van der Waals surface area contributed by atoms with Crippen molar-refractivity contribution in [1.82, 2.24) is 10.2 Å². The van der Waals surface area contributed by atoms with Gasteiger partial charge in [-0.3, -0.25) is 9.59 Å². The Hall–Kier alpha value is -1.56. The highest BCUT2D eigenvalue weighted by atomic mass is 32.2. The van der Waals surface area contributed by atoms with Crippen molar-refractivity contribution in [1.29, 1.82) is 0 Å². The minimum absolute atomic E-state index is 0.0239. The van der Waals surface area contributed by atoms with Gasteiger partial charge in [-0.15, -0.1) is 11.8 Å². The Kier molecular flexibility index (Phi) is 6.22. The van der Waals surface area contributed by atoms with Crippen molar-refractivity contribution < 1.29 is 14.0 Å². The van der Waals surface area contributed by atoms with E-state index in [0.29, 0.717) is 17.2 Å². The van der Waals surface area contributed by atoms with Crippen molar-refractivity contribution in [3.8, 4) is 0 Å². The van der Waals surface area contributed by atoms with Crippen molar-refractivity contribution in [3.05, 3.63) is 35.6 Å². The Bertz CT molecular complexity index is 644. The molecule has 1 saturated carbocycles. The summed E-state index contributed by atoms with van der Waals surface area (Å²) in [7, 11) is 0. The Balaban J connectivity index is 1.86. The number of nitrogens with one attached hydrogen (secondary N) is 1. The average Bonchev–Trinajstić information content (AvgIpc) is 3.07. The van der Waals surface area contributed by atoms with Crippen molar-refractivity contribution in [2.45, 2.75) is 63.4 Å². The van der Waals surface area contributed by atoms with Gasteiger partial charge in [-0.05, 0) is 56.9 Å². The van der Waals surface area contributed by atoms with Crippen molar-refractivity contribution in [3.63, 3.8) is 0 Å². The van der Waals surface area contributed by atoms with Gasteiger partial charge in [0.05, 0.1) is 5.37 Å². The second-order valence-electron chi connectivity index (χ2n) is 7.52. The first-order chi connectivity index (χ1) is 12.5. The summed E-state index contributed by atoms with van der Waals surface area (Å²) in [6.07, 6.45) is 5.82. The van der Waals surface area contributed by atoms with Crippen molar-refractivity contribution >= 4 is 23.6 Å². The normalized spacial score (nSPS) is 24.1. The van der Waals surface area contributed by atoms with Gasteiger partial charge in [-0.1, -0.05) is 19.3 Å². The third-order valence-corrected chi connectivity index (χ3v) is 6.61. The molecule has 0 aromatic heterocycles. The van der Waals surface area contributed by atoms with Gasteiger partial charge in [0.25, 0.3) is 5.91 Å². The van der Waals surface area contributed by atoms with Crippen LogP contribution in [-0.2, 0) is 4.79 Å².